The highest BCUT2D eigenvalue weighted by molar-refractivity contribution is 9.11. The molecule has 0 unspecified atom stereocenters. The number of thiophene rings is 1. The van der Waals surface area contributed by atoms with Crippen LogP contribution in [0.4, 0.5) is 0 Å². The Labute approximate surface area is 84.1 Å². The highest BCUT2D eigenvalue weighted by Crippen LogP contribution is 2.22. The van der Waals surface area contributed by atoms with Crippen LogP contribution in [0.2, 0.25) is 0 Å². The second-order valence-electron chi connectivity index (χ2n) is 2.20. The third kappa shape index (κ3) is 3.49. The van der Waals surface area contributed by atoms with Gasteiger partial charge in [0.1, 0.15) is 0 Å². The van der Waals surface area contributed by atoms with Gasteiger partial charge in [-0.15, -0.1) is 11.3 Å². The van der Waals surface area contributed by atoms with Crippen molar-refractivity contribution in [2.24, 2.45) is 5.90 Å². The zero-order valence-corrected chi connectivity index (χ0v) is 8.90. The SMILES string of the molecule is NOCC/C=C/c1ccc(Br)s1. The van der Waals surface area contributed by atoms with Gasteiger partial charge < -0.3 is 4.84 Å². The fourth-order valence-electron chi connectivity index (χ4n) is 0.753. The Morgan fingerprint density at radius 3 is 3.00 bits per heavy atom. The molecule has 0 saturated carbocycles. The molecular formula is C8H10BrNOS. The molecule has 0 aliphatic carbocycles. The lowest BCUT2D eigenvalue weighted by Crippen LogP contribution is -1.98. The fraction of sp³-hybridized carbons (Fsp3) is 0.250. The molecule has 0 atom stereocenters. The van der Waals surface area contributed by atoms with Gasteiger partial charge in [0.2, 0.25) is 0 Å². The Balaban J connectivity index is 2.36. The van der Waals surface area contributed by atoms with E-state index in [-0.39, 0.29) is 0 Å². The molecule has 66 valence electrons. The summed E-state index contributed by atoms with van der Waals surface area (Å²) in [6.07, 6.45) is 4.96. The van der Waals surface area contributed by atoms with Crippen LogP contribution in [0, 0.1) is 0 Å². The summed E-state index contributed by atoms with van der Waals surface area (Å²) in [4.78, 5) is 5.66. The van der Waals surface area contributed by atoms with Crippen molar-refractivity contribution in [3.8, 4) is 0 Å². The summed E-state index contributed by atoms with van der Waals surface area (Å²) in [5.74, 6) is 4.87. The molecule has 1 heterocycles. The topological polar surface area (TPSA) is 35.2 Å². The Morgan fingerprint density at radius 1 is 1.58 bits per heavy atom. The van der Waals surface area contributed by atoms with Crippen LogP contribution in [0.3, 0.4) is 0 Å². The maximum absolute atomic E-state index is 4.87. The van der Waals surface area contributed by atoms with Gasteiger partial charge in [0.25, 0.3) is 0 Å². The van der Waals surface area contributed by atoms with E-state index in [4.69, 9.17) is 5.90 Å². The number of nitrogens with two attached hydrogens (primary N) is 1. The second-order valence-corrected chi connectivity index (χ2v) is 4.70. The maximum Gasteiger partial charge on any atom is 0.0713 e. The van der Waals surface area contributed by atoms with E-state index >= 15 is 0 Å². The Bertz CT molecular complexity index is 259. The van der Waals surface area contributed by atoms with Crippen LogP contribution in [-0.2, 0) is 4.84 Å². The average molecular weight is 248 g/mol. The molecular weight excluding hydrogens is 238 g/mol. The smallest absolute Gasteiger partial charge is 0.0713 e. The fourth-order valence-corrected chi connectivity index (χ4v) is 2.11. The maximum atomic E-state index is 4.87. The van der Waals surface area contributed by atoms with Gasteiger partial charge in [-0.2, -0.15) is 0 Å². The minimum absolute atomic E-state index is 0.572. The first-order chi connectivity index (χ1) is 5.83. The van der Waals surface area contributed by atoms with Gasteiger partial charge in [-0.3, -0.25) is 0 Å². The van der Waals surface area contributed by atoms with Crippen LogP contribution in [0.25, 0.3) is 6.08 Å². The van der Waals surface area contributed by atoms with Gasteiger partial charge >= 0.3 is 0 Å². The first-order valence-electron chi connectivity index (χ1n) is 3.56. The molecule has 1 aromatic heterocycles. The zero-order chi connectivity index (χ0) is 8.81. The van der Waals surface area contributed by atoms with Crippen LogP contribution < -0.4 is 5.90 Å². The molecule has 1 aromatic rings. The minimum Gasteiger partial charge on any atom is -0.304 e. The molecule has 0 aliphatic rings. The number of rotatable bonds is 4. The Kier molecular flexibility index (Phi) is 4.53. The second kappa shape index (κ2) is 5.48. The van der Waals surface area contributed by atoms with Gasteiger partial charge in [-0.25, -0.2) is 5.90 Å². The van der Waals surface area contributed by atoms with Gasteiger partial charge in [0, 0.05) is 4.88 Å². The van der Waals surface area contributed by atoms with E-state index in [1.807, 2.05) is 12.1 Å². The van der Waals surface area contributed by atoms with E-state index in [0.717, 1.165) is 10.2 Å². The molecule has 0 aliphatic heterocycles. The van der Waals surface area contributed by atoms with Crippen molar-refractivity contribution in [1.29, 1.82) is 0 Å². The summed E-state index contributed by atoms with van der Waals surface area (Å²) in [6.45, 7) is 0.572. The van der Waals surface area contributed by atoms with E-state index in [1.54, 1.807) is 11.3 Å². The molecule has 0 aromatic carbocycles. The van der Waals surface area contributed by atoms with Crippen LogP contribution in [0.1, 0.15) is 11.3 Å². The lowest BCUT2D eigenvalue weighted by Gasteiger charge is -1.89. The Hall–Kier alpha value is -0.160. The molecule has 0 amide bonds. The molecule has 0 bridgehead atoms. The first kappa shape index (κ1) is 9.92. The quantitative estimate of drug-likeness (QED) is 0.656. The molecule has 0 spiro atoms. The Morgan fingerprint density at radius 2 is 2.42 bits per heavy atom. The van der Waals surface area contributed by atoms with Crippen LogP contribution in [-0.4, -0.2) is 6.61 Å². The molecule has 0 saturated heterocycles. The molecule has 0 radical (unpaired) electrons. The minimum atomic E-state index is 0.572. The van der Waals surface area contributed by atoms with Crippen molar-refractivity contribution in [3.05, 3.63) is 26.9 Å². The zero-order valence-electron chi connectivity index (χ0n) is 6.50. The number of hydrogen-bond acceptors (Lipinski definition) is 3. The lowest BCUT2D eigenvalue weighted by molar-refractivity contribution is 0.143. The van der Waals surface area contributed by atoms with E-state index in [2.05, 4.69) is 32.9 Å². The summed E-state index contributed by atoms with van der Waals surface area (Å²) in [5.41, 5.74) is 0. The van der Waals surface area contributed by atoms with Crippen LogP contribution in [0.15, 0.2) is 22.0 Å². The van der Waals surface area contributed by atoms with Gasteiger partial charge in [-0.1, -0.05) is 6.08 Å². The van der Waals surface area contributed by atoms with Crippen molar-refractivity contribution in [2.45, 2.75) is 6.42 Å². The molecule has 4 heteroatoms. The van der Waals surface area contributed by atoms with Crippen molar-refractivity contribution in [1.82, 2.24) is 0 Å². The molecule has 12 heavy (non-hydrogen) atoms. The monoisotopic (exact) mass is 247 g/mol. The number of halogens is 1. The summed E-state index contributed by atoms with van der Waals surface area (Å²) in [5, 5.41) is 0. The summed E-state index contributed by atoms with van der Waals surface area (Å²) >= 11 is 5.10. The van der Waals surface area contributed by atoms with Crippen molar-refractivity contribution in [3.63, 3.8) is 0 Å². The molecule has 0 fully saturated rings. The lowest BCUT2D eigenvalue weighted by atomic mass is 10.3. The predicted molar refractivity (Wildman–Crippen MR) is 55.8 cm³/mol. The largest absolute Gasteiger partial charge is 0.304 e. The van der Waals surface area contributed by atoms with E-state index < -0.39 is 0 Å². The molecule has 1 rings (SSSR count). The summed E-state index contributed by atoms with van der Waals surface area (Å²) in [6, 6.07) is 4.10. The van der Waals surface area contributed by atoms with Gasteiger partial charge in [0.05, 0.1) is 10.4 Å². The van der Waals surface area contributed by atoms with Crippen molar-refractivity contribution < 1.29 is 4.84 Å². The summed E-state index contributed by atoms with van der Waals surface area (Å²) < 4.78 is 1.15. The van der Waals surface area contributed by atoms with E-state index in [0.29, 0.717) is 6.61 Å². The summed E-state index contributed by atoms with van der Waals surface area (Å²) in [7, 11) is 0. The van der Waals surface area contributed by atoms with Gasteiger partial charge in [-0.05, 0) is 40.6 Å². The highest BCUT2D eigenvalue weighted by Gasteiger charge is 1.91. The normalized spacial score (nSPS) is 11.2. The third-order valence-electron chi connectivity index (χ3n) is 1.28. The number of hydrogen-bond donors (Lipinski definition) is 1. The molecule has 2 nitrogen and oxygen atoms in total. The first-order valence-corrected chi connectivity index (χ1v) is 5.17. The van der Waals surface area contributed by atoms with E-state index in [1.165, 1.54) is 4.88 Å². The van der Waals surface area contributed by atoms with Gasteiger partial charge in [0.15, 0.2) is 0 Å². The van der Waals surface area contributed by atoms with Crippen molar-refractivity contribution in [2.75, 3.05) is 6.61 Å². The highest BCUT2D eigenvalue weighted by atomic mass is 79.9. The van der Waals surface area contributed by atoms with Crippen LogP contribution in [0.5, 0.6) is 0 Å². The van der Waals surface area contributed by atoms with E-state index in [9.17, 15) is 0 Å². The third-order valence-corrected chi connectivity index (χ3v) is 2.87. The average Bonchev–Trinajstić information content (AvgIpc) is 2.45. The molecule has 2 N–H and O–H groups in total. The van der Waals surface area contributed by atoms with Crippen LogP contribution >= 0.6 is 27.3 Å². The van der Waals surface area contributed by atoms with Crippen molar-refractivity contribution >= 4 is 33.3 Å². The standard InChI is InChI=1S/C8H10BrNOS/c9-8-5-4-7(12-8)3-1-2-6-11-10/h1,3-5H,2,6,10H2/b3-1+. The predicted octanol–water partition coefficient (Wildman–Crippen LogP) is 2.80.